The topological polar surface area (TPSA) is 32.3 Å². The van der Waals surface area contributed by atoms with Gasteiger partial charge in [-0.3, -0.25) is 4.79 Å². The smallest absolute Gasteiger partial charge is 0.222 e. The molecule has 3 heteroatoms. The zero-order chi connectivity index (χ0) is 14.6. The lowest BCUT2D eigenvalue weighted by Gasteiger charge is -2.30. The number of nitrogens with one attached hydrogen (secondary N) is 1. The van der Waals surface area contributed by atoms with Crippen LogP contribution in [0.25, 0.3) is 0 Å². The Labute approximate surface area is 119 Å². The number of hydrogen-bond donors (Lipinski definition) is 1. The van der Waals surface area contributed by atoms with Gasteiger partial charge in [-0.15, -0.1) is 0 Å². The average Bonchev–Trinajstić information content (AvgIpc) is 2.69. The summed E-state index contributed by atoms with van der Waals surface area (Å²) in [5, 5.41) is 3.54. The van der Waals surface area contributed by atoms with Crippen LogP contribution in [0, 0.1) is 17.3 Å². The van der Waals surface area contributed by atoms with Crippen molar-refractivity contribution in [3.63, 3.8) is 0 Å². The number of likely N-dealkylation sites (tertiary alicyclic amines) is 1. The van der Waals surface area contributed by atoms with Crippen LogP contribution < -0.4 is 5.32 Å². The number of likely N-dealkylation sites (N-methyl/N-ethyl adjacent to an activating group) is 1. The van der Waals surface area contributed by atoms with Crippen LogP contribution in [0.15, 0.2) is 0 Å². The van der Waals surface area contributed by atoms with E-state index in [0.717, 1.165) is 32.5 Å². The summed E-state index contributed by atoms with van der Waals surface area (Å²) < 4.78 is 0. The van der Waals surface area contributed by atoms with E-state index < -0.39 is 0 Å². The molecule has 0 aliphatic carbocycles. The van der Waals surface area contributed by atoms with Crippen molar-refractivity contribution < 1.29 is 4.79 Å². The summed E-state index contributed by atoms with van der Waals surface area (Å²) in [6, 6.07) is 0.428. The van der Waals surface area contributed by atoms with E-state index in [4.69, 9.17) is 0 Å². The second-order valence-electron chi connectivity index (χ2n) is 7.12. The lowest BCUT2D eigenvalue weighted by atomic mass is 9.80. The van der Waals surface area contributed by atoms with Gasteiger partial charge >= 0.3 is 0 Å². The first kappa shape index (κ1) is 16.5. The quantitative estimate of drug-likeness (QED) is 0.803. The normalized spacial score (nSPS) is 23.8. The molecule has 3 nitrogen and oxygen atoms in total. The molecular formula is C16H32N2O. The maximum atomic E-state index is 12.2. The van der Waals surface area contributed by atoms with E-state index in [-0.39, 0.29) is 5.41 Å². The van der Waals surface area contributed by atoms with Gasteiger partial charge in [0.15, 0.2) is 0 Å². The van der Waals surface area contributed by atoms with Crippen molar-refractivity contribution in [2.75, 3.05) is 19.6 Å². The molecule has 0 aromatic carbocycles. The van der Waals surface area contributed by atoms with Crippen LogP contribution in [0.5, 0.6) is 0 Å². The van der Waals surface area contributed by atoms with Gasteiger partial charge in [-0.2, -0.15) is 0 Å². The first-order chi connectivity index (χ1) is 8.79. The standard InChI is InChI=1S/C16H32N2O/c1-7-12(3)14(17-8-2)11-18-10-13(9-15(18)19)16(4,5)6/h12-14,17H,7-11H2,1-6H3. The molecular weight excluding hydrogens is 236 g/mol. The van der Waals surface area contributed by atoms with Crippen molar-refractivity contribution in [3.05, 3.63) is 0 Å². The van der Waals surface area contributed by atoms with Crippen LogP contribution in [0.3, 0.4) is 0 Å². The van der Waals surface area contributed by atoms with E-state index >= 15 is 0 Å². The molecule has 1 rings (SSSR count). The number of carbonyl (C=O) groups is 1. The third-order valence-electron chi connectivity index (χ3n) is 4.65. The Morgan fingerprint density at radius 1 is 1.37 bits per heavy atom. The molecule has 112 valence electrons. The Balaban J connectivity index is 2.62. The molecule has 1 aliphatic rings. The van der Waals surface area contributed by atoms with Gasteiger partial charge in [0, 0.05) is 25.6 Å². The molecule has 1 saturated heterocycles. The Hall–Kier alpha value is -0.570. The highest BCUT2D eigenvalue weighted by Crippen LogP contribution is 2.34. The van der Waals surface area contributed by atoms with Crippen LogP contribution >= 0.6 is 0 Å². The summed E-state index contributed by atoms with van der Waals surface area (Å²) >= 11 is 0. The zero-order valence-electron chi connectivity index (χ0n) is 13.6. The number of carbonyl (C=O) groups excluding carboxylic acids is 1. The second kappa shape index (κ2) is 6.74. The summed E-state index contributed by atoms with van der Waals surface area (Å²) in [5.41, 5.74) is 0.231. The number of amides is 1. The number of hydrogen-bond acceptors (Lipinski definition) is 2. The summed E-state index contributed by atoms with van der Waals surface area (Å²) in [5.74, 6) is 1.45. The number of nitrogens with zero attached hydrogens (tertiary/aromatic N) is 1. The minimum Gasteiger partial charge on any atom is -0.341 e. The minimum atomic E-state index is 0.231. The summed E-state index contributed by atoms with van der Waals surface area (Å²) in [7, 11) is 0. The molecule has 1 heterocycles. The molecule has 0 saturated carbocycles. The first-order valence-electron chi connectivity index (χ1n) is 7.80. The maximum Gasteiger partial charge on any atom is 0.222 e. The molecule has 0 radical (unpaired) electrons. The Kier molecular flexibility index (Phi) is 5.84. The largest absolute Gasteiger partial charge is 0.341 e. The SMILES string of the molecule is CCNC(CN1CC(C(C)(C)C)CC1=O)C(C)CC. The van der Waals surface area contributed by atoms with Crippen LogP contribution in [0.1, 0.15) is 54.4 Å². The Morgan fingerprint density at radius 3 is 2.42 bits per heavy atom. The van der Waals surface area contributed by atoms with E-state index in [2.05, 4.69) is 51.8 Å². The average molecular weight is 268 g/mol. The van der Waals surface area contributed by atoms with Gasteiger partial charge in [-0.25, -0.2) is 0 Å². The molecule has 0 bridgehead atoms. The van der Waals surface area contributed by atoms with E-state index in [9.17, 15) is 4.79 Å². The predicted octanol–water partition coefficient (Wildman–Crippen LogP) is 2.91. The van der Waals surface area contributed by atoms with Gasteiger partial charge in [0.2, 0.25) is 5.91 Å². The van der Waals surface area contributed by atoms with Gasteiger partial charge in [-0.1, -0.05) is 48.0 Å². The van der Waals surface area contributed by atoms with Crippen molar-refractivity contribution in [2.45, 2.75) is 60.4 Å². The molecule has 3 unspecified atom stereocenters. The van der Waals surface area contributed by atoms with Crippen molar-refractivity contribution >= 4 is 5.91 Å². The van der Waals surface area contributed by atoms with Crippen molar-refractivity contribution in [3.8, 4) is 0 Å². The Morgan fingerprint density at radius 2 is 2.00 bits per heavy atom. The summed E-state index contributed by atoms with van der Waals surface area (Å²) in [6.07, 6.45) is 1.88. The van der Waals surface area contributed by atoms with Gasteiger partial charge in [0.05, 0.1) is 0 Å². The third kappa shape index (κ3) is 4.48. The molecule has 3 atom stereocenters. The van der Waals surface area contributed by atoms with Crippen molar-refractivity contribution in [1.29, 1.82) is 0 Å². The highest BCUT2D eigenvalue weighted by Gasteiger charge is 2.37. The van der Waals surface area contributed by atoms with E-state index in [0.29, 0.717) is 23.8 Å². The van der Waals surface area contributed by atoms with E-state index in [1.165, 1.54) is 0 Å². The van der Waals surface area contributed by atoms with E-state index in [1.54, 1.807) is 0 Å². The zero-order valence-corrected chi connectivity index (χ0v) is 13.6. The number of rotatable bonds is 6. The van der Waals surface area contributed by atoms with Crippen molar-refractivity contribution in [1.82, 2.24) is 10.2 Å². The molecule has 0 aromatic heterocycles. The fraction of sp³-hybridized carbons (Fsp3) is 0.938. The molecule has 19 heavy (non-hydrogen) atoms. The maximum absolute atomic E-state index is 12.2. The molecule has 0 aromatic rings. The lowest BCUT2D eigenvalue weighted by Crippen LogP contribution is -2.45. The summed E-state index contributed by atoms with van der Waals surface area (Å²) in [4.78, 5) is 14.3. The van der Waals surface area contributed by atoms with Crippen LogP contribution in [-0.2, 0) is 4.79 Å². The molecule has 1 N–H and O–H groups in total. The third-order valence-corrected chi connectivity index (χ3v) is 4.65. The van der Waals surface area contributed by atoms with Gasteiger partial charge < -0.3 is 10.2 Å². The molecule has 1 fully saturated rings. The molecule has 1 amide bonds. The molecule has 1 aliphatic heterocycles. The van der Waals surface area contributed by atoms with Crippen molar-refractivity contribution in [2.24, 2.45) is 17.3 Å². The minimum absolute atomic E-state index is 0.231. The van der Waals surface area contributed by atoms with Gasteiger partial charge in [0.1, 0.15) is 0 Å². The van der Waals surface area contributed by atoms with Crippen LogP contribution in [0.4, 0.5) is 0 Å². The van der Waals surface area contributed by atoms with Gasteiger partial charge in [0.25, 0.3) is 0 Å². The van der Waals surface area contributed by atoms with Crippen LogP contribution in [0.2, 0.25) is 0 Å². The fourth-order valence-corrected chi connectivity index (χ4v) is 2.76. The highest BCUT2D eigenvalue weighted by atomic mass is 16.2. The summed E-state index contributed by atoms with van der Waals surface area (Å²) in [6.45, 7) is 16.1. The van der Waals surface area contributed by atoms with E-state index in [1.807, 2.05) is 0 Å². The Bertz CT molecular complexity index is 296. The first-order valence-corrected chi connectivity index (χ1v) is 7.80. The fourth-order valence-electron chi connectivity index (χ4n) is 2.76. The molecule has 0 spiro atoms. The predicted molar refractivity (Wildman–Crippen MR) is 81.1 cm³/mol. The monoisotopic (exact) mass is 268 g/mol. The second-order valence-corrected chi connectivity index (χ2v) is 7.12. The highest BCUT2D eigenvalue weighted by molar-refractivity contribution is 5.78. The van der Waals surface area contributed by atoms with Crippen LogP contribution in [-0.4, -0.2) is 36.5 Å². The van der Waals surface area contributed by atoms with Gasteiger partial charge in [-0.05, 0) is 23.8 Å². The lowest BCUT2D eigenvalue weighted by molar-refractivity contribution is -0.128.